The van der Waals surface area contributed by atoms with E-state index in [-0.39, 0.29) is 19.1 Å². The molecule has 0 saturated carbocycles. The number of hydrogen-bond acceptors (Lipinski definition) is 8. The number of carboxylic acids is 1. The van der Waals surface area contributed by atoms with E-state index in [9.17, 15) is 9.59 Å². The number of benzene rings is 2. The molecule has 10 heteroatoms. The normalized spacial score (nSPS) is 10.8. The van der Waals surface area contributed by atoms with Crippen LogP contribution in [0.2, 0.25) is 0 Å². The molecule has 0 fully saturated rings. The lowest BCUT2D eigenvalue weighted by Gasteiger charge is -2.14. The lowest BCUT2D eigenvalue weighted by Crippen LogP contribution is -2.26. The van der Waals surface area contributed by atoms with Crippen molar-refractivity contribution in [3.63, 3.8) is 0 Å². The molecular weight excluding hydrogens is 526 g/mol. The highest BCUT2D eigenvalue weighted by Crippen LogP contribution is 2.25. The van der Waals surface area contributed by atoms with Crippen molar-refractivity contribution in [3.05, 3.63) is 89.4 Å². The fourth-order valence-electron chi connectivity index (χ4n) is 3.99. The fraction of sp³-hybridized carbons (Fsp3) is 0.290. The molecule has 0 unspecified atom stereocenters. The van der Waals surface area contributed by atoms with Gasteiger partial charge in [-0.3, -0.25) is 4.79 Å². The van der Waals surface area contributed by atoms with Crippen molar-refractivity contribution in [2.75, 3.05) is 6.61 Å². The van der Waals surface area contributed by atoms with Crippen molar-refractivity contribution < 1.29 is 33.3 Å². The number of rotatable bonds is 13. The predicted octanol–water partition coefficient (Wildman–Crippen LogP) is 6.11. The number of hydrogen-bond donors (Lipinski definition) is 2. The number of oxazole rings is 1. The summed E-state index contributed by atoms with van der Waals surface area (Å²) in [7, 11) is 0. The number of amides is 1. The Morgan fingerprint density at radius 3 is 2.51 bits per heavy atom. The molecule has 4 aromatic rings. The Hall–Kier alpha value is -4.86. The van der Waals surface area contributed by atoms with E-state index in [1.807, 2.05) is 49.4 Å². The molecule has 214 valence electrons. The molecule has 4 rings (SSSR count). The van der Waals surface area contributed by atoms with Crippen molar-refractivity contribution in [2.45, 2.75) is 52.7 Å². The van der Waals surface area contributed by atoms with Gasteiger partial charge in [0.1, 0.15) is 17.3 Å². The molecule has 0 aliphatic rings. The minimum Gasteiger partial charge on any atom is -0.493 e. The fourth-order valence-corrected chi connectivity index (χ4v) is 3.99. The molecule has 0 spiro atoms. The number of nitrogens with one attached hydrogen (secondary N) is 1. The molecule has 2 N–H and O–H groups in total. The van der Waals surface area contributed by atoms with Gasteiger partial charge in [-0.1, -0.05) is 24.3 Å². The van der Waals surface area contributed by atoms with Crippen LogP contribution in [-0.2, 0) is 28.9 Å². The molecule has 0 atom stereocenters. The van der Waals surface area contributed by atoms with Gasteiger partial charge in [-0.05, 0) is 68.7 Å². The average Bonchev–Trinajstić information content (AvgIpc) is 3.32. The van der Waals surface area contributed by atoms with Crippen LogP contribution in [0.1, 0.15) is 42.8 Å². The van der Waals surface area contributed by atoms with E-state index in [1.165, 1.54) is 0 Å². The Morgan fingerprint density at radius 1 is 1.00 bits per heavy atom. The third-order valence-corrected chi connectivity index (χ3v) is 6.00. The highest BCUT2D eigenvalue weighted by molar-refractivity contribution is 5.68. The minimum absolute atomic E-state index is 0.0181. The second-order valence-electron chi connectivity index (χ2n) is 9.55. The van der Waals surface area contributed by atoms with Crippen LogP contribution < -0.4 is 14.8 Å². The van der Waals surface area contributed by atoms with Gasteiger partial charge in [-0.15, -0.1) is 0 Å². The van der Waals surface area contributed by atoms with Gasteiger partial charge in [0.15, 0.2) is 0 Å². The predicted molar refractivity (Wildman–Crippen MR) is 151 cm³/mol. The Balaban J connectivity index is 1.36. The van der Waals surface area contributed by atoms with Gasteiger partial charge in [0.05, 0.1) is 24.0 Å². The smallest absolute Gasteiger partial charge is 0.407 e. The van der Waals surface area contributed by atoms with Crippen LogP contribution >= 0.6 is 0 Å². The van der Waals surface area contributed by atoms with Crippen molar-refractivity contribution in [2.24, 2.45) is 0 Å². The first-order valence-corrected chi connectivity index (χ1v) is 13.3. The van der Waals surface area contributed by atoms with E-state index < -0.39 is 12.1 Å². The number of carbonyl (C=O) groups excluding carboxylic acids is 1. The third-order valence-electron chi connectivity index (χ3n) is 6.00. The molecule has 0 radical (unpaired) electrons. The summed E-state index contributed by atoms with van der Waals surface area (Å²) in [4.78, 5) is 32.0. The summed E-state index contributed by atoms with van der Waals surface area (Å²) in [5.41, 5.74) is 3.07. The van der Waals surface area contributed by atoms with E-state index in [4.69, 9.17) is 23.7 Å². The van der Waals surface area contributed by atoms with E-state index in [2.05, 4.69) is 15.3 Å². The van der Waals surface area contributed by atoms with Gasteiger partial charge >= 0.3 is 12.1 Å². The molecule has 0 aliphatic heterocycles. The van der Waals surface area contributed by atoms with Gasteiger partial charge in [-0.25, -0.2) is 14.8 Å². The molecule has 2 aromatic carbocycles. The molecule has 1 amide bonds. The van der Waals surface area contributed by atoms with Crippen molar-refractivity contribution in [1.82, 2.24) is 15.3 Å². The lowest BCUT2D eigenvalue weighted by atomic mass is 10.0. The molecule has 41 heavy (non-hydrogen) atoms. The molecule has 0 aliphatic carbocycles. The zero-order chi connectivity index (χ0) is 29.2. The van der Waals surface area contributed by atoms with Crippen LogP contribution in [-0.4, -0.2) is 39.8 Å². The number of para-hydroxylation sites is 1. The highest BCUT2D eigenvalue weighted by atomic mass is 16.6. The van der Waals surface area contributed by atoms with Crippen molar-refractivity contribution in [3.8, 4) is 28.8 Å². The molecule has 2 aromatic heterocycles. The van der Waals surface area contributed by atoms with Gasteiger partial charge in [0.25, 0.3) is 0 Å². The number of alkyl carbamates (subject to hydrolysis) is 1. The summed E-state index contributed by atoms with van der Waals surface area (Å²) >= 11 is 0. The number of ether oxygens (including phenoxy) is 3. The summed E-state index contributed by atoms with van der Waals surface area (Å²) in [5, 5.41) is 11.8. The number of nitrogens with zero attached hydrogens (tertiary/aromatic N) is 2. The quantitative estimate of drug-likeness (QED) is 0.199. The second-order valence-corrected chi connectivity index (χ2v) is 9.55. The highest BCUT2D eigenvalue weighted by Gasteiger charge is 2.14. The second kappa shape index (κ2) is 14.0. The summed E-state index contributed by atoms with van der Waals surface area (Å²) in [6.45, 7) is 5.91. The topological polar surface area (TPSA) is 133 Å². The van der Waals surface area contributed by atoms with Crippen molar-refractivity contribution in [1.29, 1.82) is 0 Å². The van der Waals surface area contributed by atoms with Gasteiger partial charge in [0, 0.05) is 31.6 Å². The number of carbonyl (C=O) groups is 2. The minimum atomic E-state index is -0.891. The Bertz CT molecular complexity index is 1450. The van der Waals surface area contributed by atoms with Crippen LogP contribution in [0, 0.1) is 6.92 Å². The number of pyridine rings is 1. The van der Waals surface area contributed by atoms with E-state index in [1.54, 1.807) is 38.2 Å². The number of carboxylic acid groups (broad SMARTS) is 1. The lowest BCUT2D eigenvalue weighted by molar-refractivity contribution is -0.136. The van der Waals surface area contributed by atoms with E-state index >= 15 is 0 Å². The Labute approximate surface area is 238 Å². The van der Waals surface area contributed by atoms with Crippen molar-refractivity contribution >= 4 is 12.1 Å². The monoisotopic (exact) mass is 559 g/mol. The first-order valence-electron chi connectivity index (χ1n) is 13.3. The summed E-state index contributed by atoms with van der Waals surface area (Å²) in [5.74, 6) is 2.02. The van der Waals surface area contributed by atoms with Gasteiger partial charge in [-0.2, -0.15) is 0 Å². The third kappa shape index (κ3) is 8.82. The number of aryl methyl sites for hydroxylation is 2. The Kier molecular flexibility index (Phi) is 9.93. The zero-order valence-corrected chi connectivity index (χ0v) is 23.3. The molecule has 0 saturated heterocycles. The first-order chi connectivity index (χ1) is 19.8. The average molecular weight is 560 g/mol. The zero-order valence-electron chi connectivity index (χ0n) is 23.3. The van der Waals surface area contributed by atoms with E-state index in [0.717, 1.165) is 22.4 Å². The molecule has 2 heterocycles. The van der Waals surface area contributed by atoms with Crippen LogP contribution in [0.5, 0.6) is 17.4 Å². The van der Waals surface area contributed by atoms with Crippen LogP contribution in [0.15, 0.2) is 71.3 Å². The summed E-state index contributed by atoms with van der Waals surface area (Å²) in [6, 6.07) is 18.4. The molecule has 10 nitrogen and oxygen atoms in total. The summed E-state index contributed by atoms with van der Waals surface area (Å²) in [6.07, 6.45) is 1.69. The van der Waals surface area contributed by atoms with Crippen LogP contribution in [0.4, 0.5) is 4.79 Å². The maximum atomic E-state index is 12.0. The number of aromatic nitrogens is 2. The van der Waals surface area contributed by atoms with Gasteiger partial charge < -0.3 is 29.1 Å². The summed E-state index contributed by atoms with van der Waals surface area (Å²) < 4.78 is 22.7. The van der Waals surface area contributed by atoms with Crippen LogP contribution in [0.3, 0.4) is 0 Å². The number of aliphatic carboxylic acids is 1. The maximum absolute atomic E-state index is 12.0. The first kappa shape index (κ1) is 29.1. The van der Waals surface area contributed by atoms with Crippen LogP contribution in [0.25, 0.3) is 11.5 Å². The van der Waals surface area contributed by atoms with Gasteiger partial charge in [0.2, 0.25) is 11.8 Å². The Morgan fingerprint density at radius 2 is 1.80 bits per heavy atom. The SMILES string of the molecule is Cc1oc(-c2ccc(Oc3ccccc3)nc2)nc1CCOc1ccc(CCC(=O)O)c(CNC(=O)OC(C)C)c1. The maximum Gasteiger partial charge on any atom is 0.407 e. The largest absolute Gasteiger partial charge is 0.493 e. The van der Waals surface area contributed by atoms with E-state index in [0.29, 0.717) is 48.5 Å². The molecule has 0 bridgehead atoms. The molecular formula is C31H33N3O7. The standard InChI is InChI=1S/C31H33N3O7/c1-20(2)39-31(37)33-19-24-17-26(12-9-22(24)11-14-29(35)36)38-16-15-27-21(3)40-30(34-27)23-10-13-28(32-18-23)41-25-7-5-4-6-8-25/h4-10,12-13,17-18,20H,11,14-16,19H2,1-3H3,(H,33,37)(H,35,36).